The highest BCUT2D eigenvalue weighted by atomic mass is 16.3. The molecule has 3 aromatic rings. The van der Waals surface area contributed by atoms with E-state index in [1.165, 1.54) is 0 Å². The first kappa shape index (κ1) is 17.9. The average molecular weight is 352 g/mol. The molecule has 0 saturated carbocycles. The maximum absolute atomic E-state index is 12.8. The van der Waals surface area contributed by atoms with Gasteiger partial charge in [0.2, 0.25) is 0 Å². The molecule has 0 bridgehead atoms. The number of nitrogens with one attached hydrogen (secondary N) is 1. The fourth-order valence-electron chi connectivity index (χ4n) is 3.09. The number of hydrogen-bond acceptors (Lipinski definition) is 4. The van der Waals surface area contributed by atoms with Crippen LogP contribution in [0.15, 0.2) is 53.1 Å². The molecule has 2 heterocycles. The van der Waals surface area contributed by atoms with Gasteiger partial charge in [0.15, 0.2) is 0 Å². The Bertz CT molecular complexity index is 867. The van der Waals surface area contributed by atoms with Crippen LogP contribution in [0.2, 0.25) is 0 Å². The minimum absolute atomic E-state index is 0.0290. The Morgan fingerprint density at radius 2 is 1.92 bits per heavy atom. The number of carbonyl (C=O) groups is 1. The molecule has 0 saturated heterocycles. The second-order valence-corrected chi connectivity index (χ2v) is 6.50. The lowest BCUT2D eigenvalue weighted by Gasteiger charge is -2.22. The highest BCUT2D eigenvalue weighted by Crippen LogP contribution is 2.20. The number of aromatic nitrogens is 2. The monoisotopic (exact) mass is 352 g/mol. The van der Waals surface area contributed by atoms with E-state index < -0.39 is 0 Å². The number of rotatable bonds is 6. The maximum Gasteiger partial charge on any atom is 0.255 e. The van der Waals surface area contributed by atoms with E-state index in [1.54, 1.807) is 10.9 Å². The van der Waals surface area contributed by atoms with Crippen molar-refractivity contribution in [2.45, 2.75) is 19.9 Å². The molecule has 1 atom stereocenters. The molecule has 6 nitrogen and oxygen atoms in total. The molecule has 0 radical (unpaired) electrons. The van der Waals surface area contributed by atoms with E-state index in [2.05, 4.69) is 10.4 Å². The van der Waals surface area contributed by atoms with Crippen molar-refractivity contribution in [3.8, 4) is 5.69 Å². The summed E-state index contributed by atoms with van der Waals surface area (Å²) >= 11 is 0. The lowest BCUT2D eigenvalue weighted by molar-refractivity contribution is 0.0938. The second kappa shape index (κ2) is 7.58. The Balaban J connectivity index is 1.79. The Labute approximate surface area is 153 Å². The number of hydrogen-bond donors (Lipinski definition) is 1. The fraction of sp³-hybridized carbons (Fsp3) is 0.300. The molecule has 1 N–H and O–H groups in total. The van der Waals surface area contributed by atoms with Crippen LogP contribution < -0.4 is 5.32 Å². The number of furan rings is 1. The Morgan fingerprint density at radius 1 is 1.19 bits per heavy atom. The lowest BCUT2D eigenvalue weighted by Crippen LogP contribution is -2.34. The van der Waals surface area contributed by atoms with Gasteiger partial charge in [-0.2, -0.15) is 5.10 Å². The first-order chi connectivity index (χ1) is 12.5. The van der Waals surface area contributed by atoms with Crippen LogP contribution in [0.25, 0.3) is 5.69 Å². The summed E-state index contributed by atoms with van der Waals surface area (Å²) in [4.78, 5) is 14.8. The summed E-state index contributed by atoms with van der Waals surface area (Å²) in [5, 5.41) is 7.56. The van der Waals surface area contributed by atoms with E-state index in [1.807, 2.05) is 75.3 Å². The zero-order valence-electron chi connectivity index (χ0n) is 15.6. The first-order valence-corrected chi connectivity index (χ1v) is 8.58. The normalized spacial score (nSPS) is 12.3. The average Bonchev–Trinajstić information content (AvgIpc) is 3.24. The van der Waals surface area contributed by atoms with Crippen molar-refractivity contribution in [1.29, 1.82) is 0 Å². The van der Waals surface area contributed by atoms with Gasteiger partial charge < -0.3 is 9.73 Å². The number of amides is 1. The molecule has 0 aliphatic carbocycles. The summed E-state index contributed by atoms with van der Waals surface area (Å²) in [7, 11) is 3.92. The maximum atomic E-state index is 12.8. The van der Waals surface area contributed by atoms with Gasteiger partial charge in [-0.05, 0) is 52.2 Å². The van der Waals surface area contributed by atoms with Crippen LogP contribution >= 0.6 is 0 Å². The summed E-state index contributed by atoms with van der Waals surface area (Å²) < 4.78 is 7.30. The molecule has 0 spiro atoms. The molecular formula is C20H24N4O2. The highest BCUT2D eigenvalue weighted by molar-refractivity contribution is 5.96. The summed E-state index contributed by atoms with van der Waals surface area (Å²) in [5.41, 5.74) is 3.09. The Kier molecular flexibility index (Phi) is 5.23. The third-order valence-corrected chi connectivity index (χ3v) is 4.47. The number of nitrogens with zero attached hydrogens (tertiary/aromatic N) is 3. The van der Waals surface area contributed by atoms with Crippen LogP contribution in [0.5, 0.6) is 0 Å². The number of carbonyl (C=O) groups excluding carboxylic acids is 1. The van der Waals surface area contributed by atoms with Crippen molar-refractivity contribution >= 4 is 5.91 Å². The van der Waals surface area contributed by atoms with Crippen LogP contribution in [0.4, 0.5) is 0 Å². The molecule has 0 fully saturated rings. The van der Waals surface area contributed by atoms with Gasteiger partial charge in [0.25, 0.3) is 5.91 Å². The molecule has 1 aromatic carbocycles. The predicted molar refractivity (Wildman–Crippen MR) is 101 cm³/mol. The van der Waals surface area contributed by atoms with Crippen LogP contribution in [0, 0.1) is 13.8 Å². The molecule has 6 heteroatoms. The van der Waals surface area contributed by atoms with E-state index in [-0.39, 0.29) is 11.9 Å². The predicted octanol–water partition coefficient (Wildman–Crippen LogP) is 3.11. The fourth-order valence-corrected chi connectivity index (χ4v) is 3.09. The van der Waals surface area contributed by atoms with Crippen molar-refractivity contribution < 1.29 is 9.21 Å². The van der Waals surface area contributed by atoms with Crippen molar-refractivity contribution in [1.82, 2.24) is 20.0 Å². The largest absolute Gasteiger partial charge is 0.468 e. The van der Waals surface area contributed by atoms with Gasteiger partial charge in [-0.3, -0.25) is 9.69 Å². The van der Waals surface area contributed by atoms with Crippen molar-refractivity contribution in [2.75, 3.05) is 20.6 Å². The van der Waals surface area contributed by atoms with E-state index in [9.17, 15) is 4.79 Å². The van der Waals surface area contributed by atoms with Crippen LogP contribution in [-0.4, -0.2) is 41.2 Å². The minimum atomic E-state index is -0.124. The Morgan fingerprint density at radius 3 is 2.54 bits per heavy atom. The number of likely N-dealkylation sites (N-methyl/N-ethyl adjacent to an activating group) is 1. The minimum Gasteiger partial charge on any atom is -0.468 e. The molecule has 0 aliphatic rings. The van der Waals surface area contributed by atoms with Crippen molar-refractivity contribution in [3.05, 3.63) is 71.4 Å². The van der Waals surface area contributed by atoms with Gasteiger partial charge in [-0.25, -0.2) is 4.68 Å². The SMILES string of the molecule is Cc1nn(-c2ccccc2)c(C)c1C(=O)NC[C@H](c1ccco1)N(C)C. The van der Waals surface area contributed by atoms with Gasteiger partial charge >= 0.3 is 0 Å². The van der Waals surface area contributed by atoms with Crippen LogP contribution in [0.3, 0.4) is 0 Å². The van der Waals surface area contributed by atoms with Crippen molar-refractivity contribution in [3.63, 3.8) is 0 Å². The molecule has 0 unspecified atom stereocenters. The highest BCUT2D eigenvalue weighted by Gasteiger charge is 2.22. The molecule has 136 valence electrons. The topological polar surface area (TPSA) is 63.3 Å². The van der Waals surface area contributed by atoms with Gasteiger partial charge in [-0.1, -0.05) is 18.2 Å². The lowest BCUT2D eigenvalue weighted by atomic mass is 10.1. The summed E-state index contributed by atoms with van der Waals surface area (Å²) in [6.07, 6.45) is 1.64. The van der Waals surface area contributed by atoms with E-state index in [0.29, 0.717) is 17.8 Å². The smallest absolute Gasteiger partial charge is 0.255 e. The standard InChI is InChI=1S/C20H24N4O2/c1-14-19(15(2)24(22-14)16-9-6-5-7-10-16)20(25)21-13-17(23(3)4)18-11-8-12-26-18/h5-12,17H,13H2,1-4H3,(H,21,25)/t17-/m1/s1. The Hall–Kier alpha value is -2.86. The molecule has 26 heavy (non-hydrogen) atoms. The van der Waals surface area contributed by atoms with Gasteiger partial charge in [-0.15, -0.1) is 0 Å². The third kappa shape index (κ3) is 3.55. The number of benzene rings is 1. The first-order valence-electron chi connectivity index (χ1n) is 8.58. The number of aryl methyl sites for hydroxylation is 1. The molecule has 3 rings (SSSR count). The molecular weight excluding hydrogens is 328 g/mol. The van der Waals surface area contributed by atoms with Gasteiger partial charge in [0, 0.05) is 6.54 Å². The summed E-state index contributed by atoms with van der Waals surface area (Å²) in [5.74, 6) is 0.698. The van der Waals surface area contributed by atoms with Crippen LogP contribution in [-0.2, 0) is 0 Å². The zero-order chi connectivity index (χ0) is 18.7. The van der Waals surface area contributed by atoms with Crippen LogP contribution in [0.1, 0.15) is 33.5 Å². The quantitative estimate of drug-likeness (QED) is 0.740. The van der Waals surface area contributed by atoms with E-state index in [4.69, 9.17) is 4.42 Å². The number of para-hydroxylation sites is 1. The van der Waals surface area contributed by atoms with Gasteiger partial charge in [0.05, 0.1) is 34.9 Å². The van der Waals surface area contributed by atoms with Gasteiger partial charge in [0.1, 0.15) is 5.76 Å². The molecule has 1 amide bonds. The second-order valence-electron chi connectivity index (χ2n) is 6.50. The van der Waals surface area contributed by atoms with E-state index in [0.717, 1.165) is 17.1 Å². The summed E-state index contributed by atoms with van der Waals surface area (Å²) in [6.45, 7) is 4.23. The van der Waals surface area contributed by atoms with E-state index >= 15 is 0 Å². The zero-order valence-corrected chi connectivity index (χ0v) is 15.6. The third-order valence-electron chi connectivity index (χ3n) is 4.47. The van der Waals surface area contributed by atoms with Crippen molar-refractivity contribution in [2.24, 2.45) is 0 Å². The molecule has 2 aromatic heterocycles. The summed E-state index contributed by atoms with van der Waals surface area (Å²) in [6, 6.07) is 13.6. The molecule has 0 aliphatic heterocycles.